The summed E-state index contributed by atoms with van der Waals surface area (Å²) in [6, 6.07) is 1.56. The summed E-state index contributed by atoms with van der Waals surface area (Å²) < 4.78 is 2.53. The monoisotopic (exact) mass is 241 g/mol. The number of nitrogens with zero attached hydrogens (tertiary/aromatic N) is 2. The van der Waals surface area contributed by atoms with Gasteiger partial charge in [-0.25, -0.2) is 4.52 Å². The van der Waals surface area contributed by atoms with Crippen molar-refractivity contribution in [3.05, 3.63) is 32.8 Å². The fourth-order valence-electron chi connectivity index (χ4n) is 1.28. The van der Waals surface area contributed by atoms with Crippen molar-refractivity contribution in [2.45, 2.75) is 13.3 Å². The highest BCUT2D eigenvalue weighted by Crippen LogP contribution is 2.14. The number of H-pyrrole nitrogens is 1. The summed E-state index contributed by atoms with van der Waals surface area (Å²) in [4.78, 5) is 13.9. The van der Waals surface area contributed by atoms with Crippen LogP contribution in [0.25, 0.3) is 5.65 Å². The van der Waals surface area contributed by atoms with Crippen LogP contribution in [-0.2, 0) is 6.42 Å². The summed E-state index contributed by atoms with van der Waals surface area (Å²) in [6.07, 6.45) is 2.46. The van der Waals surface area contributed by atoms with Gasteiger partial charge in [0.05, 0.1) is 10.7 Å². The molecule has 1 N–H and O–H groups in total. The molecule has 0 fully saturated rings. The molecule has 2 rings (SSSR count). The van der Waals surface area contributed by atoms with E-state index >= 15 is 0 Å². The maximum Gasteiger partial charge on any atom is 0.251 e. The molecule has 0 amide bonds. The number of aromatic amines is 1. The lowest BCUT2D eigenvalue weighted by Crippen LogP contribution is -2.11. The fourth-order valence-corrected chi connectivity index (χ4v) is 1.63. The molecule has 0 aliphatic heterocycles. The third kappa shape index (κ3) is 1.29. The number of fused-ring (bicyclic) bond motifs is 1. The van der Waals surface area contributed by atoms with Crippen LogP contribution in [0.15, 0.2) is 21.5 Å². The van der Waals surface area contributed by atoms with Crippen molar-refractivity contribution in [2.75, 3.05) is 0 Å². The molecule has 0 spiro atoms. The van der Waals surface area contributed by atoms with Gasteiger partial charge in [-0.05, 0) is 22.4 Å². The quantitative estimate of drug-likeness (QED) is 0.820. The van der Waals surface area contributed by atoms with Crippen LogP contribution in [-0.4, -0.2) is 14.6 Å². The van der Waals surface area contributed by atoms with Gasteiger partial charge in [-0.15, -0.1) is 0 Å². The number of hydrogen-bond acceptors (Lipinski definition) is 2. The molecule has 0 aromatic carbocycles. The highest BCUT2D eigenvalue weighted by atomic mass is 79.9. The number of rotatable bonds is 1. The molecule has 2 aromatic heterocycles. The Morgan fingerprint density at radius 2 is 2.46 bits per heavy atom. The minimum Gasteiger partial charge on any atom is -0.306 e. The number of nitrogens with one attached hydrogen (secondary N) is 1. The maximum atomic E-state index is 11.2. The minimum absolute atomic E-state index is 0.0921. The molecule has 0 unspecified atom stereocenters. The summed E-state index contributed by atoms with van der Waals surface area (Å²) in [5.41, 5.74) is 1.53. The zero-order valence-electron chi connectivity index (χ0n) is 7.04. The van der Waals surface area contributed by atoms with Gasteiger partial charge in [0.1, 0.15) is 0 Å². The molecule has 0 bridgehead atoms. The van der Waals surface area contributed by atoms with Crippen LogP contribution in [0.5, 0.6) is 0 Å². The largest absolute Gasteiger partial charge is 0.306 e. The topological polar surface area (TPSA) is 50.2 Å². The number of aromatic nitrogens is 3. The first-order valence-electron chi connectivity index (χ1n) is 3.98. The van der Waals surface area contributed by atoms with E-state index in [2.05, 4.69) is 26.0 Å². The van der Waals surface area contributed by atoms with Crippen LogP contribution in [0.4, 0.5) is 0 Å². The van der Waals surface area contributed by atoms with Gasteiger partial charge in [0.25, 0.3) is 5.56 Å². The lowest BCUT2D eigenvalue weighted by Gasteiger charge is -1.99. The van der Waals surface area contributed by atoms with Gasteiger partial charge in [-0.3, -0.25) is 4.79 Å². The van der Waals surface area contributed by atoms with Crippen LogP contribution in [0.3, 0.4) is 0 Å². The average molecular weight is 242 g/mol. The van der Waals surface area contributed by atoms with E-state index in [1.54, 1.807) is 16.8 Å². The summed E-state index contributed by atoms with van der Waals surface area (Å²) in [6.45, 7) is 1.99. The van der Waals surface area contributed by atoms with Crippen molar-refractivity contribution in [1.82, 2.24) is 14.6 Å². The molecule has 0 saturated carbocycles. The predicted molar refractivity (Wildman–Crippen MR) is 52.9 cm³/mol. The lowest BCUT2D eigenvalue weighted by molar-refractivity contribution is 0.843. The molecule has 2 heterocycles. The van der Waals surface area contributed by atoms with E-state index in [-0.39, 0.29) is 5.56 Å². The predicted octanol–water partition coefficient (Wildman–Crippen LogP) is 1.35. The Morgan fingerprint density at radius 3 is 3.15 bits per heavy atom. The zero-order chi connectivity index (χ0) is 9.42. The summed E-state index contributed by atoms with van der Waals surface area (Å²) in [5, 5.41) is 4.13. The second-order valence-corrected chi connectivity index (χ2v) is 3.59. The first-order chi connectivity index (χ1) is 6.22. The molecule has 0 aliphatic rings. The second-order valence-electron chi connectivity index (χ2n) is 2.73. The van der Waals surface area contributed by atoms with E-state index in [1.165, 1.54) is 0 Å². The fraction of sp³-hybridized carbons (Fsp3) is 0.250. The van der Waals surface area contributed by atoms with Crippen LogP contribution in [0, 0.1) is 0 Å². The van der Waals surface area contributed by atoms with Crippen molar-refractivity contribution >= 4 is 21.6 Å². The Kier molecular flexibility index (Phi) is 1.95. The van der Waals surface area contributed by atoms with Crippen molar-refractivity contribution in [3.63, 3.8) is 0 Å². The Hall–Kier alpha value is -1.10. The van der Waals surface area contributed by atoms with Gasteiger partial charge in [0, 0.05) is 11.8 Å². The molecule has 0 atom stereocenters. The Labute approximate surface area is 82.7 Å². The second kappa shape index (κ2) is 2.99. The van der Waals surface area contributed by atoms with E-state index in [1.807, 2.05) is 6.92 Å². The Morgan fingerprint density at radius 1 is 1.69 bits per heavy atom. The molecule has 0 aliphatic carbocycles. The lowest BCUT2D eigenvalue weighted by atomic mass is 10.3. The molecular formula is C8H8BrN3O. The summed E-state index contributed by atoms with van der Waals surface area (Å²) in [5.74, 6) is 0. The molecule has 13 heavy (non-hydrogen) atoms. The first kappa shape index (κ1) is 8.50. The standard InChI is InChI=1S/C8H8BrN3O/c1-2-5-3-7(13)11-8-6(9)4-10-12(5)8/h3-4H,2H2,1H3,(H,11,13). The average Bonchev–Trinajstić information content (AvgIpc) is 2.47. The Bertz CT molecular complexity index is 500. The first-order valence-corrected chi connectivity index (χ1v) is 4.77. The molecule has 0 radical (unpaired) electrons. The van der Waals surface area contributed by atoms with E-state index in [9.17, 15) is 4.79 Å². The molecule has 68 valence electrons. The van der Waals surface area contributed by atoms with Crippen molar-refractivity contribution < 1.29 is 0 Å². The van der Waals surface area contributed by atoms with Crippen LogP contribution >= 0.6 is 15.9 Å². The number of aryl methyl sites for hydroxylation is 1. The van der Waals surface area contributed by atoms with Crippen LogP contribution in [0.1, 0.15) is 12.6 Å². The molecule has 2 aromatic rings. The minimum atomic E-state index is -0.0921. The van der Waals surface area contributed by atoms with Crippen LogP contribution in [0.2, 0.25) is 0 Å². The zero-order valence-corrected chi connectivity index (χ0v) is 8.63. The smallest absolute Gasteiger partial charge is 0.251 e. The highest BCUT2D eigenvalue weighted by Gasteiger charge is 2.05. The summed E-state index contributed by atoms with van der Waals surface area (Å²) >= 11 is 3.31. The summed E-state index contributed by atoms with van der Waals surface area (Å²) in [7, 11) is 0. The maximum absolute atomic E-state index is 11.2. The van der Waals surface area contributed by atoms with Gasteiger partial charge in [0.2, 0.25) is 0 Å². The van der Waals surface area contributed by atoms with Gasteiger partial charge in [-0.2, -0.15) is 5.10 Å². The van der Waals surface area contributed by atoms with Gasteiger partial charge in [0.15, 0.2) is 5.65 Å². The Balaban J connectivity index is 2.92. The highest BCUT2D eigenvalue weighted by molar-refractivity contribution is 9.10. The normalized spacial score (nSPS) is 10.9. The molecule has 5 heteroatoms. The van der Waals surface area contributed by atoms with Gasteiger partial charge >= 0.3 is 0 Å². The number of hydrogen-bond donors (Lipinski definition) is 1. The third-order valence-electron chi connectivity index (χ3n) is 1.90. The van der Waals surface area contributed by atoms with Crippen LogP contribution < -0.4 is 5.56 Å². The number of halogens is 1. The molecule has 0 saturated heterocycles. The van der Waals surface area contributed by atoms with Gasteiger partial charge < -0.3 is 4.98 Å². The SMILES string of the molecule is CCc1cc(=O)[nH]c2c(Br)cnn12. The van der Waals surface area contributed by atoms with E-state index in [4.69, 9.17) is 0 Å². The third-order valence-corrected chi connectivity index (χ3v) is 2.48. The van der Waals surface area contributed by atoms with E-state index in [0.29, 0.717) is 5.65 Å². The van der Waals surface area contributed by atoms with Crippen molar-refractivity contribution in [3.8, 4) is 0 Å². The van der Waals surface area contributed by atoms with E-state index < -0.39 is 0 Å². The van der Waals surface area contributed by atoms with E-state index in [0.717, 1.165) is 16.6 Å². The molecule has 4 nitrogen and oxygen atoms in total. The van der Waals surface area contributed by atoms with Crippen molar-refractivity contribution in [2.24, 2.45) is 0 Å². The van der Waals surface area contributed by atoms with Crippen molar-refractivity contribution in [1.29, 1.82) is 0 Å². The van der Waals surface area contributed by atoms with Gasteiger partial charge in [-0.1, -0.05) is 6.92 Å². The molecular weight excluding hydrogens is 234 g/mol.